The molecule has 0 saturated heterocycles. The maximum absolute atomic E-state index is 11.7. The number of nitro groups is 1. The molecule has 0 atom stereocenters. The molecule has 0 radical (unpaired) electrons. The molecule has 0 aromatic carbocycles. The van der Waals surface area contributed by atoms with E-state index in [0.717, 1.165) is 24.2 Å². The molecule has 0 spiro atoms. The fourth-order valence-electron chi connectivity index (χ4n) is 2.15. The molecule has 1 fully saturated rings. The Balaban J connectivity index is 1.84. The van der Waals surface area contributed by atoms with Crippen LogP contribution < -0.4 is 0 Å². The lowest BCUT2D eigenvalue weighted by Crippen LogP contribution is -2.16. The van der Waals surface area contributed by atoms with Gasteiger partial charge in [0.15, 0.2) is 0 Å². The topological polar surface area (TPSA) is 69.4 Å². The SMILES string of the molecule is O=C(OCC1CCCCC1)c1ccc([N+](=O)[O-])s1. The molecule has 1 saturated carbocycles. The summed E-state index contributed by atoms with van der Waals surface area (Å²) in [7, 11) is 0. The van der Waals surface area contributed by atoms with Crippen molar-refractivity contribution in [1.29, 1.82) is 0 Å². The zero-order chi connectivity index (χ0) is 13.0. The number of hydrogen-bond acceptors (Lipinski definition) is 5. The Hall–Kier alpha value is -1.43. The Kier molecular flexibility index (Phi) is 4.30. The van der Waals surface area contributed by atoms with Crippen LogP contribution in [0, 0.1) is 16.0 Å². The van der Waals surface area contributed by atoms with Crippen LogP contribution in [-0.2, 0) is 4.74 Å². The lowest BCUT2D eigenvalue weighted by Gasteiger charge is -2.20. The molecule has 1 aliphatic rings. The molecular formula is C12H15NO4S. The summed E-state index contributed by atoms with van der Waals surface area (Å²) in [5, 5.41) is 10.5. The van der Waals surface area contributed by atoms with Gasteiger partial charge in [-0.05, 0) is 24.8 Å². The van der Waals surface area contributed by atoms with E-state index >= 15 is 0 Å². The summed E-state index contributed by atoms with van der Waals surface area (Å²) in [4.78, 5) is 22.0. The van der Waals surface area contributed by atoms with E-state index in [1.54, 1.807) is 0 Å². The van der Waals surface area contributed by atoms with Gasteiger partial charge in [0.25, 0.3) is 0 Å². The minimum absolute atomic E-state index is 0.0281. The van der Waals surface area contributed by atoms with Gasteiger partial charge in [-0.1, -0.05) is 30.6 Å². The van der Waals surface area contributed by atoms with E-state index in [1.165, 1.54) is 31.4 Å². The summed E-state index contributed by atoms with van der Waals surface area (Å²) in [5.41, 5.74) is 0. The van der Waals surface area contributed by atoms with Crippen LogP contribution >= 0.6 is 11.3 Å². The highest BCUT2D eigenvalue weighted by Gasteiger charge is 2.19. The number of rotatable bonds is 4. The fourth-order valence-corrected chi connectivity index (χ4v) is 2.87. The third-order valence-corrected chi connectivity index (χ3v) is 4.16. The summed E-state index contributed by atoms with van der Waals surface area (Å²) >= 11 is 0.862. The standard InChI is InChI=1S/C12H15NO4S/c14-12(10-6-7-11(18-10)13(15)16)17-8-9-4-2-1-3-5-9/h6-7,9H,1-5,8H2. The highest BCUT2D eigenvalue weighted by atomic mass is 32.1. The van der Waals surface area contributed by atoms with Crippen LogP contribution in [0.2, 0.25) is 0 Å². The molecule has 18 heavy (non-hydrogen) atoms. The second-order valence-electron chi connectivity index (χ2n) is 4.50. The Labute approximate surface area is 109 Å². The van der Waals surface area contributed by atoms with Crippen molar-refractivity contribution in [2.24, 2.45) is 5.92 Å². The number of carbonyl (C=O) groups is 1. The molecule has 6 heteroatoms. The quantitative estimate of drug-likeness (QED) is 0.477. The van der Waals surface area contributed by atoms with Gasteiger partial charge < -0.3 is 4.74 Å². The molecule has 0 N–H and O–H groups in total. The van der Waals surface area contributed by atoms with E-state index in [-0.39, 0.29) is 5.00 Å². The van der Waals surface area contributed by atoms with Crippen LogP contribution in [0.15, 0.2) is 12.1 Å². The first kappa shape index (κ1) is 13.0. The van der Waals surface area contributed by atoms with Crippen molar-refractivity contribution in [1.82, 2.24) is 0 Å². The molecule has 1 aliphatic carbocycles. The molecule has 0 amide bonds. The largest absolute Gasteiger partial charge is 0.461 e. The number of thiophene rings is 1. The van der Waals surface area contributed by atoms with Gasteiger partial charge in [-0.15, -0.1) is 0 Å². The number of hydrogen-bond donors (Lipinski definition) is 0. The van der Waals surface area contributed by atoms with Crippen molar-refractivity contribution in [3.05, 3.63) is 27.1 Å². The molecular weight excluding hydrogens is 254 g/mol. The summed E-state index contributed by atoms with van der Waals surface area (Å²) in [6, 6.07) is 2.79. The molecule has 0 bridgehead atoms. The summed E-state index contributed by atoms with van der Waals surface area (Å²) in [6.45, 7) is 0.435. The van der Waals surface area contributed by atoms with Crippen LogP contribution in [0.4, 0.5) is 5.00 Å². The first-order valence-electron chi connectivity index (χ1n) is 6.08. The van der Waals surface area contributed by atoms with Crippen LogP contribution in [0.1, 0.15) is 41.8 Å². The Bertz CT molecular complexity index is 437. The number of esters is 1. The van der Waals surface area contributed by atoms with Crippen molar-refractivity contribution in [2.45, 2.75) is 32.1 Å². The van der Waals surface area contributed by atoms with E-state index < -0.39 is 10.9 Å². The van der Waals surface area contributed by atoms with Crippen molar-refractivity contribution in [2.75, 3.05) is 6.61 Å². The number of carbonyl (C=O) groups excluding carboxylic acids is 1. The van der Waals surface area contributed by atoms with Gasteiger partial charge in [0.2, 0.25) is 0 Å². The molecule has 0 unspecified atom stereocenters. The summed E-state index contributed by atoms with van der Waals surface area (Å²) in [6.07, 6.45) is 5.89. The Morgan fingerprint density at radius 1 is 1.39 bits per heavy atom. The lowest BCUT2D eigenvalue weighted by atomic mass is 9.90. The maximum Gasteiger partial charge on any atom is 0.348 e. The maximum atomic E-state index is 11.7. The first-order chi connectivity index (χ1) is 8.66. The average Bonchev–Trinajstić information content (AvgIpc) is 2.87. The first-order valence-corrected chi connectivity index (χ1v) is 6.90. The minimum Gasteiger partial charge on any atom is -0.461 e. The van der Waals surface area contributed by atoms with Crippen LogP contribution in [-0.4, -0.2) is 17.5 Å². The normalized spacial score (nSPS) is 16.4. The van der Waals surface area contributed by atoms with Gasteiger partial charge in [0.1, 0.15) is 4.88 Å². The van der Waals surface area contributed by atoms with Crippen LogP contribution in [0.3, 0.4) is 0 Å². The highest BCUT2D eigenvalue weighted by molar-refractivity contribution is 7.17. The summed E-state index contributed by atoms with van der Waals surface area (Å²) in [5.74, 6) is 0.0105. The Morgan fingerprint density at radius 2 is 2.11 bits per heavy atom. The second-order valence-corrected chi connectivity index (χ2v) is 5.56. The zero-order valence-corrected chi connectivity index (χ0v) is 10.8. The zero-order valence-electron chi connectivity index (χ0n) is 9.96. The predicted molar refractivity (Wildman–Crippen MR) is 67.8 cm³/mol. The van der Waals surface area contributed by atoms with E-state index in [0.29, 0.717) is 17.4 Å². The lowest BCUT2D eigenvalue weighted by molar-refractivity contribution is -0.380. The number of nitrogens with zero attached hydrogens (tertiary/aromatic N) is 1. The molecule has 1 aromatic heterocycles. The average molecular weight is 269 g/mol. The third-order valence-electron chi connectivity index (χ3n) is 3.15. The molecule has 0 aliphatic heterocycles. The Morgan fingerprint density at radius 3 is 2.72 bits per heavy atom. The highest BCUT2D eigenvalue weighted by Crippen LogP contribution is 2.26. The molecule has 1 heterocycles. The van der Waals surface area contributed by atoms with E-state index in [1.807, 2.05) is 0 Å². The molecule has 5 nitrogen and oxygen atoms in total. The molecule has 98 valence electrons. The van der Waals surface area contributed by atoms with Crippen LogP contribution in [0.5, 0.6) is 0 Å². The van der Waals surface area contributed by atoms with Gasteiger partial charge >= 0.3 is 11.0 Å². The minimum atomic E-state index is -0.497. The van der Waals surface area contributed by atoms with E-state index in [2.05, 4.69) is 0 Å². The van der Waals surface area contributed by atoms with Gasteiger partial charge in [0.05, 0.1) is 11.5 Å². The van der Waals surface area contributed by atoms with Gasteiger partial charge in [-0.25, -0.2) is 4.79 Å². The van der Waals surface area contributed by atoms with E-state index in [4.69, 9.17) is 4.74 Å². The van der Waals surface area contributed by atoms with Crippen LogP contribution in [0.25, 0.3) is 0 Å². The van der Waals surface area contributed by atoms with Crippen molar-refractivity contribution in [3.8, 4) is 0 Å². The van der Waals surface area contributed by atoms with Gasteiger partial charge in [-0.2, -0.15) is 0 Å². The summed E-state index contributed by atoms with van der Waals surface area (Å²) < 4.78 is 5.21. The fraction of sp³-hybridized carbons (Fsp3) is 0.583. The second kappa shape index (κ2) is 5.95. The number of ether oxygens (including phenoxy) is 1. The van der Waals surface area contributed by atoms with Crippen molar-refractivity contribution >= 4 is 22.3 Å². The predicted octanol–water partition coefficient (Wildman–Crippen LogP) is 3.39. The molecule has 2 rings (SSSR count). The van der Waals surface area contributed by atoms with Crippen molar-refractivity contribution < 1.29 is 14.5 Å². The van der Waals surface area contributed by atoms with E-state index in [9.17, 15) is 14.9 Å². The van der Waals surface area contributed by atoms with Crippen molar-refractivity contribution in [3.63, 3.8) is 0 Å². The smallest absolute Gasteiger partial charge is 0.348 e. The van der Waals surface area contributed by atoms with Gasteiger partial charge in [-0.3, -0.25) is 10.1 Å². The molecule has 1 aromatic rings. The monoisotopic (exact) mass is 269 g/mol. The third kappa shape index (κ3) is 3.29. The van der Waals surface area contributed by atoms with Gasteiger partial charge in [0, 0.05) is 6.07 Å².